The molecule has 4 heterocycles. The normalized spacial score (nSPS) is 26.6. The van der Waals surface area contributed by atoms with Gasteiger partial charge in [-0.15, -0.1) is 0 Å². The Kier molecular flexibility index (Phi) is 4.29. The molecule has 0 aliphatic carbocycles. The van der Waals surface area contributed by atoms with E-state index in [-0.39, 0.29) is 5.91 Å². The number of aromatic nitrogens is 1. The number of hydrogen-bond donors (Lipinski definition) is 3. The van der Waals surface area contributed by atoms with Gasteiger partial charge in [-0.25, -0.2) is 9.29 Å². The van der Waals surface area contributed by atoms with Crippen LogP contribution in [0.15, 0.2) is 79.0 Å². The second-order valence-electron chi connectivity index (χ2n) is 9.62. The van der Waals surface area contributed by atoms with Gasteiger partial charge in [-0.3, -0.25) is 19.7 Å². The van der Waals surface area contributed by atoms with E-state index in [4.69, 9.17) is 0 Å². The molecular weight excluding hydrogens is 459 g/mol. The second kappa shape index (κ2) is 7.35. The highest BCUT2D eigenvalue weighted by molar-refractivity contribution is 6.25. The Hall–Kier alpha value is -4.30. The molecule has 4 atom stereocenters. The summed E-state index contributed by atoms with van der Waals surface area (Å²) in [4.78, 5) is 45.8. The highest BCUT2D eigenvalue weighted by Gasteiger charge is 2.70. The summed E-state index contributed by atoms with van der Waals surface area (Å²) in [5.74, 6) is -3.59. The first-order valence-corrected chi connectivity index (χ1v) is 11.9. The van der Waals surface area contributed by atoms with Crippen molar-refractivity contribution in [2.45, 2.75) is 18.0 Å². The van der Waals surface area contributed by atoms with E-state index in [1.54, 1.807) is 24.3 Å². The Morgan fingerprint density at radius 2 is 1.69 bits per heavy atom. The smallest absolute Gasteiger partial charge is 0.250 e. The van der Waals surface area contributed by atoms with Crippen LogP contribution < -0.4 is 15.5 Å². The van der Waals surface area contributed by atoms with Gasteiger partial charge in [0.15, 0.2) is 0 Å². The van der Waals surface area contributed by atoms with Crippen molar-refractivity contribution in [3.8, 4) is 0 Å². The summed E-state index contributed by atoms with van der Waals surface area (Å²) >= 11 is 0. The van der Waals surface area contributed by atoms with Gasteiger partial charge < -0.3 is 10.3 Å². The number of amides is 3. The van der Waals surface area contributed by atoms with E-state index in [0.717, 1.165) is 16.5 Å². The van der Waals surface area contributed by atoms with Crippen LogP contribution in [0.5, 0.6) is 0 Å². The van der Waals surface area contributed by atoms with Crippen molar-refractivity contribution in [1.29, 1.82) is 0 Å². The number of H-pyrrole nitrogens is 1. The van der Waals surface area contributed by atoms with E-state index in [1.807, 2.05) is 36.5 Å². The second-order valence-corrected chi connectivity index (χ2v) is 9.62. The summed E-state index contributed by atoms with van der Waals surface area (Å²) in [7, 11) is 0. The highest BCUT2D eigenvalue weighted by atomic mass is 19.1. The minimum Gasteiger partial charge on any atom is -0.361 e. The number of aromatic amines is 1. The molecule has 0 bridgehead atoms. The molecule has 4 aromatic rings. The highest BCUT2D eigenvalue weighted by Crippen LogP contribution is 2.54. The molecule has 3 aliphatic rings. The van der Waals surface area contributed by atoms with Crippen molar-refractivity contribution in [3.63, 3.8) is 0 Å². The molecule has 0 radical (unpaired) electrons. The lowest BCUT2D eigenvalue weighted by atomic mass is 9.76. The largest absolute Gasteiger partial charge is 0.361 e. The third-order valence-corrected chi connectivity index (χ3v) is 7.81. The third kappa shape index (κ3) is 2.67. The zero-order valence-corrected chi connectivity index (χ0v) is 19.0. The molecule has 1 spiro atoms. The SMILES string of the molecule is O=C1C2C(Cc3c[nH]c4ccccc34)NC3(C(=O)Nc4ccc(F)cc43)C2C(=O)N1c1ccccc1. The number of nitrogens with zero attached hydrogens (tertiary/aromatic N) is 1. The molecular formula is C28H21FN4O3. The number of rotatable bonds is 3. The molecule has 8 heteroatoms. The van der Waals surface area contributed by atoms with Gasteiger partial charge in [0.2, 0.25) is 17.7 Å². The lowest BCUT2D eigenvalue weighted by molar-refractivity contribution is -0.130. The van der Waals surface area contributed by atoms with Crippen molar-refractivity contribution in [1.82, 2.24) is 10.3 Å². The van der Waals surface area contributed by atoms with Crippen LogP contribution in [0, 0.1) is 17.7 Å². The Balaban J connectivity index is 1.39. The summed E-state index contributed by atoms with van der Waals surface area (Å²) in [6.07, 6.45) is 2.30. The predicted molar refractivity (Wildman–Crippen MR) is 132 cm³/mol. The fourth-order valence-corrected chi connectivity index (χ4v) is 6.32. The Morgan fingerprint density at radius 3 is 2.53 bits per heavy atom. The van der Waals surface area contributed by atoms with Gasteiger partial charge in [0, 0.05) is 34.4 Å². The Morgan fingerprint density at radius 1 is 0.917 bits per heavy atom. The van der Waals surface area contributed by atoms with Crippen molar-refractivity contribution in [2.75, 3.05) is 10.2 Å². The summed E-state index contributed by atoms with van der Waals surface area (Å²) in [5.41, 5.74) is 1.65. The van der Waals surface area contributed by atoms with Crippen LogP contribution in [0.3, 0.4) is 0 Å². The van der Waals surface area contributed by atoms with Gasteiger partial charge >= 0.3 is 0 Å². The lowest BCUT2D eigenvalue weighted by Crippen LogP contribution is -2.53. The molecule has 7 rings (SSSR count). The van der Waals surface area contributed by atoms with Crippen LogP contribution in [0.25, 0.3) is 10.9 Å². The zero-order chi connectivity index (χ0) is 24.6. The van der Waals surface area contributed by atoms with Gasteiger partial charge in [-0.05, 0) is 48.4 Å². The standard InChI is InChI=1S/C28H21FN4O3/c29-16-10-11-21-19(13-16)28(27(36)31-21)24-23(25(34)33(26(24)35)17-6-2-1-3-7-17)22(32-28)12-15-14-30-20-9-5-4-8-18(15)20/h1-11,13-14,22-24,30,32H,12H2,(H,31,36). The van der Waals surface area contributed by atoms with Crippen molar-refractivity contribution in [3.05, 3.63) is 95.9 Å². The molecule has 2 fully saturated rings. The first-order chi connectivity index (χ1) is 17.5. The summed E-state index contributed by atoms with van der Waals surface area (Å²) in [5, 5.41) is 7.20. The number of anilines is 2. The van der Waals surface area contributed by atoms with Crippen LogP contribution in [0.1, 0.15) is 11.1 Å². The van der Waals surface area contributed by atoms with E-state index in [9.17, 15) is 18.8 Å². The van der Waals surface area contributed by atoms with E-state index >= 15 is 0 Å². The fraction of sp³-hybridized carbons (Fsp3) is 0.179. The maximum absolute atomic E-state index is 14.4. The van der Waals surface area contributed by atoms with E-state index in [2.05, 4.69) is 15.6 Å². The summed E-state index contributed by atoms with van der Waals surface area (Å²) in [6.45, 7) is 0. The molecule has 3 amide bonds. The average molecular weight is 480 g/mol. The maximum Gasteiger partial charge on any atom is 0.250 e. The minimum atomic E-state index is -1.55. The first kappa shape index (κ1) is 21.0. The summed E-state index contributed by atoms with van der Waals surface area (Å²) < 4.78 is 14.4. The van der Waals surface area contributed by atoms with Crippen molar-refractivity contribution < 1.29 is 18.8 Å². The molecule has 36 heavy (non-hydrogen) atoms. The minimum absolute atomic E-state index is 0.358. The van der Waals surface area contributed by atoms with Crippen LogP contribution in [0.4, 0.5) is 15.8 Å². The Labute approximate surface area is 205 Å². The van der Waals surface area contributed by atoms with Crippen LogP contribution >= 0.6 is 0 Å². The molecule has 3 aliphatic heterocycles. The first-order valence-electron chi connectivity index (χ1n) is 11.9. The predicted octanol–water partition coefficient (Wildman–Crippen LogP) is 3.47. The summed E-state index contributed by atoms with van der Waals surface area (Å²) in [6, 6.07) is 20.1. The van der Waals surface area contributed by atoms with Crippen molar-refractivity contribution in [2.24, 2.45) is 11.8 Å². The molecule has 178 valence electrons. The number of halogens is 1. The van der Waals surface area contributed by atoms with Crippen LogP contribution in [0.2, 0.25) is 0 Å². The van der Waals surface area contributed by atoms with Gasteiger partial charge in [0.05, 0.1) is 17.5 Å². The molecule has 1 aromatic heterocycles. The molecule has 2 saturated heterocycles. The molecule has 7 nitrogen and oxygen atoms in total. The number of hydrogen-bond acceptors (Lipinski definition) is 4. The van der Waals surface area contributed by atoms with Gasteiger partial charge in [-0.1, -0.05) is 36.4 Å². The lowest BCUT2D eigenvalue weighted by Gasteiger charge is -2.29. The monoisotopic (exact) mass is 480 g/mol. The Bertz CT molecular complexity index is 1580. The quantitative estimate of drug-likeness (QED) is 0.392. The average Bonchev–Trinajstić information content (AvgIpc) is 3.59. The van der Waals surface area contributed by atoms with Gasteiger partial charge in [-0.2, -0.15) is 0 Å². The third-order valence-electron chi connectivity index (χ3n) is 7.81. The van der Waals surface area contributed by atoms with E-state index in [1.165, 1.54) is 23.1 Å². The van der Waals surface area contributed by atoms with Gasteiger partial charge in [0.25, 0.3) is 0 Å². The van der Waals surface area contributed by atoms with Crippen molar-refractivity contribution >= 4 is 40.0 Å². The number of para-hydroxylation sites is 2. The number of carbonyl (C=O) groups excluding carboxylic acids is 3. The van der Waals surface area contributed by atoms with Gasteiger partial charge in [0.1, 0.15) is 11.4 Å². The van der Waals surface area contributed by atoms with E-state index < -0.39 is 41.0 Å². The zero-order valence-electron chi connectivity index (χ0n) is 19.0. The molecule has 3 N–H and O–H groups in total. The topological polar surface area (TPSA) is 94.3 Å². The molecule has 3 aromatic carbocycles. The maximum atomic E-state index is 14.4. The van der Waals surface area contributed by atoms with E-state index in [0.29, 0.717) is 23.4 Å². The number of carbonyl (C=O) groups is 3. The number of fused-ring (bicyclic) bond motifs is 5. The number of nitrogens with one attached hydrogen (secondary N) is 3. The van der Waals surface area contributed by atoms with Crippen LogP contribution in [-0.4, -0.2) is 28.7 Å². The number of benzene rings is 3. The number of imide groups is 1. The fourth-order valence-electron chi connectivity index (χ4n) is 6.32. The van der Waals surface area contributed by atoms with Crippen LogP contribution in [-0.2, 0) is 26.3 Å². The molecule has 4 unspecified atom stereocenters. The molecule has 0 saturated carbocycles.